The number of ether oxygens (including phenoxy) is 1. The van der Waals surface area contributed by atoms with E-state index in [1.807, 2.05) is 0 Å². The molecule has 1 N–H and O–H groups in total. The Morgan fingerprint density at radius 2 is 1.23 bits per heavy atom. The minimum absolute atomic E-state index is 0.0152. The second-order valence-corrected chi connectivity index (χ2v) is 7.91. The number of nitrogens with zero attached hydrogens (tertiary/aromatic N) is 2. The molecule has 0 amide bonds. The minimum atomic E-state index is -1.24. The predicted molar refractivity (Wildman–Crippen MR) is 138 cm³/mol. The average molecular weight is 563 g/mol. The first kappa shape index (κ1) is 37.2. The fourth-order valence-electron chi connectivity index (χ4n) is 2.79. The van der Waals surface area contributed by atoms with Crippen molar-refractivity contribution in [2.45, 2.75) is 53.1 Å². The van der Waals surface area contributed by atoms with Gasteiger partial charge in [0.2, 0.25) is 0 Å². The van der Waals surface area contributed by atoms with E-state index in [1.54, 1.807) is 13.8 Å². The van der Waals surface area contributed by atoms with Crippen molar-refractivity contribution in [3.05, 3.63) is 79.9 Å². The summed E-state index contributed by atoms with van der Waals surface area (Å²) in [5.41, 5.74) is -0.804. The van der Waals surface area contributed by atoms with Gasteiger partial charge in [-0.05, 0) is 63.9 Å². The molecule has 0 aliphatic carbocycles. The van der Waals surface area contributed by atoms with Gasteiger partial charge in [-0.15, -0.1) is 0 Å². The maximum Gasteiger partial charge on any atom is 0.379 e. The number of nitro groups is 2. The van der Waals surface area contributed by atoms with Crippen LogP contribution in [0.25, 0.3) is 0 Å². The first-order valence-electron chi connectivity index (χ1n) is 11.5. The Balaban J connectivity index is 0. The zero-order chi connectivity index (χ0) is 31.5. The van der Waals surface area contributed by atoms with E-state index in [-0.39, 0.29) is 47.7 Å². The van der Waals surface area contributed by atoms with Gasteiger partial charge in [0.1, 0.15) is 11.6 Å². The molecule has 14 nitrogen and oxygen atoms in total. The topological polar surface area (TPSA) is 218 Å². The largest absolute Gasteiger partial charge is 0.460 e. The number of rotatable bonds is 9. The first-order valence-corrected chi connectivity index (χ1v) is 11.5. The number of nitro benzene ring substituents is 2. The van der Waals surface area contributed by atoms with Crippen LogP contribution in [0.3, 0.4) is 0 Å². The van der Waals surface area contributed by atoms with Gasteiger partial charge in [-0.2, -0.15) is 9.59 Å². The van der Waals surface area contributed by atoms with Gasteiger partial charge in [0.05, 0.1) is 22.1 Å². The molecule has 1 unspecified atom stereocenters. The van der Waals surface area contributed by atoms with E-state index < -0.39 is 27.2 Å². The van der Waals surface area contributed by atoms with Gasteiger partial charge in [-0.3, -0.25) is 29.8 Å². The van der Waals surface area contributed by atoms with Crippen LogP contribution in [-0.2, 0) is 34.3 Å². The van der Waals surface area contributed by atoms with E-state index in [9.17, 15) is 44.5 Å². The molecule has 0 saturated carbocycles. The molecule has 0 fully saturated rings. The molecule has 0 aliphatic rings. The molecule has 0 radical (unpaired) electrons. The van der Waals surface area contributed by atoms with Crippen LogP contribution < -0.4 is 0 Å². The highest BCUT2D eigenvalue weighted by Crippen LogP contribution is 2.30. The van der Waals surface area contributed by atoms with Gasteiger partial charge in [-0.25, -0.2) is 4.79 Å². The molecule has 0 aliphatic heterocycles. The van der Waals surface area contributed by atoms with E-state index in [1.165, 1.54) is 57.2 Å². The highest BCUT2D eigenvalue weighted by Gasteiger charge is 2.29. The second kappa shape index (κ2) is 19.2. The minimum Gasteiger partial charge on any atom is -0.460 e. The molecule has 0 aromatic heterocycles. The van der Waals surface area contributed by atoms with Crippen molar-refractivity contribution in [2.24, 2.45) is 0 Å². The zero-order valence-electron chi connectivity index (χ0n) is 22.6. The van der Waals surface area contributed by atoms with Gasteiger partial charge in [0.15, 0.2) is 0 Å². The third-order valence-electron chi connectivity index (χ3n) is 4.54. The molecule has 14 heteroatoms. The van der Waals surface area contributed by atoms with Crippen LogP contribution in [0.4, 0.5) is 11.4 Å². The maximum atomic E-state index is 11.4. The number of esters is 1. The number of non-ortho nitro benzene ring substituents is 2. The molecule has 40 heavy (non-hydrogen) atoms. The van der Waals surface area contributed by atoms with Gasteiger partial charge in [-0.1, -0.05) is 6.92 Å². The summed E-state index contributed by atoms with van der Waals surface area (Å²) < 4.78 is 4.51. The van der Waals surface area contributed by atoms with Gasteiger partial charge in [0, 0.05) is 36.2 Å². The number of carbonyl (C=O) groups excluding carboxylic acids is 6. The lowest BCUT2D eigenvalue weighted by atomic mass is 9.86. The summed E-state index contributed by atoms with van der Waals surface area (Å²) in [6.45, 7) is 7.93. The highest BCUT2D eigenvalue weighted by atomic mass is 16.6. The van der Waals surface area contributed by atoms with Gasteiger partial charge >= 0.3 is 12.1 Å². The predicted octanol–water partition coefficient (Wildman–Crippen LogP) is 3.52. The number of hydrogen-bond acceptors (Lipinski definition) is 12. The normalized spacial score (nSPS) is 10.7. The Hall–Kier alpha value is -4.94. The monoisotopic (exact) mass is 562 g/mol. The summed E-state index contributed by atoms with van der Waals surface area (Å²) in [5.74, 6) is -1.72. The fourth-order valence-corrected chi connectivity index (χ4v) is 2.79. The number of carbonyl (C=O) groups is 4. The van der Waals surface area contributed by atoms with Crippen LogP contribution in [0, 0.1) is 20.2 Å². The molecular weight excluding hydrogens is 532 g/mol. The molecule has 2 aromatic rings. The van der Waals surface area contributed by atoms with Crippen molar-refractivity contribution in [3.8, 4) is 0 Å². The van der Waals surface area contributed by atoms with Crippen LogP contribution in [0.2, 0.25) is 0 Å². The zero-order valence-corrected chi connectivity index (χ0v) is 22.6. The van der Waals surface area contributed by atoms with E-state index in [0.717, 1.165) is 12.1 Å². The van der Waals surface area contributed by atoms with Crippen LogP contribution in [0.1, 0.15) is 63.4 Å². The summed E-state index contributed by atoms with van der Waals surface area (Å²) in [7, 11) is 0. The number of ketones is 3. The lowest BCUT2D eigenvalue weighted by molar-refractivity contribution is -0.385. The SMILES string of the molecule is CC(C)=O.CCC(O)(CC(C)=O)c1ccc([N+](=O)[O-])cc1.CCOC(=O)C(=O)c1ccc([N+](=O)[O-])cc1.O=C=O. The Labute approximate surface area is 229 Å². The number of hydrogen-bond donors (Lipinski definition) is 1. The number of aliphatic hydroxyl groups is 1. The molecule has 0 saturated heterocycles. The Kier molecular flexibility index (Phi) is 17.8. The highest BCUT2D eigenvalue weighted by molar-refractivity contribution is 6.40. The first-order chi connectivity index (χ1) is 18.6. The third kappa shape index (κ3) is 14.7. The lowest BCUT2D eigenvalue weighted by Gasteiger charge is -2.26. The number of benzene rings is 2. The summed E-state index contributed by atoms with van der Waals surface area (Å²) in [6.07, 6.45) is 0.645. The van der Waals surface area contributed by atoms with Gasteiger partial charge in [0.25, 0.3) is 17.2 Å². The van der Waals surface area contributed by atoms with Gasteiger partial charge < -0.3 is 14.6 Å². The van der Waals surface area contributed by atoms with Crippen molar-refractivity contribution in [2.75, 3.05) is 6.61 Å². The molecule has 1 atom stereocenters. The summed E-state index contributed by atoms with van der Waals surface area (Å²) in [5, 5.41) is 31.1. The average Bonchev–Trinajstić information content (AvgIpc) is 2.88. The van der Waals surface area contributed by atoms with Crippen molar-refractivity contribution >= 4 is 40.8 Å². The van der Waals surface area contributed by atoms with Crippen LogP contribution in [0.15, 0.2) is 48.5 Å². The number of Topliss-reactive ketones (excluding diaryl/α,β-unsaturated/α-hetero) is 3. The maximum absolute atomic E-state index is 11.4. The standard InChI is InChI=1S/C12H15NO4.C10H9NO5.C3H6O.CO2/c1-3-12(15,8-9(2)14)10-4-6-11(7-5-10)13(16)17;1-2-16-10(13)9(12)7-3-5-8(6-4-7)11(14)15;1-3(2)4;2-1-3/h4-7,15H,3,8H2,1-2H3;3-6H,2H2,1H3;1-2H3;. The second-order valence-electron chi connectivity index (χ2n) is 7.91. The summed E-state index contributed by atoms with van der Waals surface area (Å²) >= 11 is 0. The van der Waals surface area contributed by atoms with Crippen LogP contribution in [0.5, 0.6) is 0 Å². The van der Waals surface area contributed by atoms with Crippen molar-refractivity contribution < 1.29 is 48.5 Å². The molecular formula is C26H30N2O12. The Bertz CT molecular complexity index is 1200. The van der Waals surface area contributed by atoms with E-state index in [2.05, 4.69) is 4.74 Å². The Morgan fingerprint density at radius 3 is 1.52 bits per heavy atom. The third-order valence-corrected chi connectivity index (χ3v) is 4.54. The smallest absolute Gasteiger partial charge is 0.379 e. The van der Waals surface area contributed by atoms with Crippen molar-refractivity contribution in [1.29, 1.82) is 0 Å². The van der Waals surface area contributed by atoms with E-state index >= 15 is 0 Å². The lowest BCUT2D eigenvalue weighted by Crippen LogP contribution is -2.27. The summed E-state index contributed by atoms with van der Waals surface area (Å²) in [4.78, 5) is 79.0. The Morgan fingerprint density at radius 1 is 0.850 bits per heavy atom. The molecule has 2 aromatic carbocycles. The van der Waals surface area contributed by atoms with Crippen molar-refractivity contribution in [1.82, 2.24) is 0 Å². The van der Waals surface area contributed by atoms with E-state index in [0.29, 0.717) is 12.0 Å². The van der Waals surface area contributed by atoms with E-state index in [4.69, 9.17) is 9.59 Å². The summed E-state index contributed by atoms with van der Waals surface area (Å²) in [6, 6.07) is 10.4. The quantitative estimate of drug-likeness (QED) is 0.152. The fraction of sp³-hybridized carbons (Fsp3) is 0.346. The molecule has 0 spiro atoms. The molecule has 2 rings (SSSR count). The molecule has 0 heterocycles. The van der Waals surface area contributed by atoms with Crippen molar-refractivity contribution in [3.63, 3.8) is 0 Å². The van der Waals surface area contributed by atoms with Crippen LogP contribution >= 0.6 is 0 Å². The molecule has 0 bridgehead atoms. The molecule has 216 valence electrons. The van der Waals surface area contributed by atoms with Crippen LogP contribution in [-0.4, -0.2) is 51.0 Å².